The van der Waals surface area contributed by atoms with E-state index in [0.29, 0.717) is 57.7 Å². The summed E-state index contributed by atoms with van der Waals surface area (Å²) in [5.74, 6) is 2.42. The molecule has 1 aliphatic carbocycles. The Balaban J connectivity index is 0.00000274. The number of piperazine rings is 1. The number of anilines is 2. The Kier molecular flexibility index (Phi) is 7.09. The van der Waals surface area contributed by atoms with Crippen LogP contribution in [0.5, 0.6) is 11.5 Å². The molecule has 2 atom stereocenters. The molecule has 0 spiro atoms. The van der Waals surface area contributed by atoms with Gasteiger partial charge in [-0.25, -0.2) is 4.98 Å². The average Bonchev–Trinajstić information content (AvgIpc) is 3.28. The van der Waals surface area contributed by atoms with Gasteiger partial charge in [0.2, 0.25) is 5.95 Å². The Hall–Kier alpha value is -2.72. The maximum atomic E-state index is 13.2. The smallest absolute Gasteiger partial charge is 0.289 e. The van der Waals surface area contributed by atoms with Crippen molar-refractivity contribution in [2.45, 2.75) is 37.8 Å². The van der Waals surface area contributed by atoms with Crippen LogP contribution < -0.4 is 20.1 Å². The molecule has 1 aromatic carbocycles. The summed E-state index contributed by atoms with van der Waals surface area (Å²) in [6, 6.07) is 7.27. The van der Waals surface area contributed by atoms with Gasteiger partial charge < -0.3 is 29.4 Å². The lowest BCUT2D eigenvalue weighted by Gasteiger charge is -2.49. The third-order valence-electron chi connectivity index (χ3n) is 6.60. The molecule has 9 nitrogen and oxygen atoms in total. The number of nitrogens with zero attached hydrogens (tertiary/aromatic N) is 4. The molecule has 1 amide bonds. The topological polar surface area (TPSA) is 107 Å². The van der Waals surface area contributed by atoms with Crippen molar-refractivity contribution >= 4 is 56.9 Å². The van der Waals surface area contributed by atoms with Gasteiger partial charge in [0.15, 0.2) is 21.9 Å². The zero-order valence-electron chi connectivity index (χ0n) is 19.0. The standard InChI is InChI=1S/C23H26BrN5O4.ClH/c1-31-18-11-13-14(12-19(18)32-2)26-23(27-21(13)25)29-10-9-28(15-5-3-4-6-16(15)29)22(30)17-7-8-20(24)33-17;/h7-8,11-12,15-16H,3-6,9-10H2,1-2H3,(H2,25,26,27);1H/t15-,16-;/m0./s1. The normalized spacial score (nSPS) is 20.0. The number of ether oxygens (including phenoxy) is 2. The molecule has 0 bridgehead atoms. The number of fused-ring (bicyclic) bond motifs is 2. The Labute approximate surface area is 212 Å². The Bertz CT molecular complexity index is 1210. The third kappa shape index (κ3) is 4.24. The first-order valence-corrected chi connectivity index (χ1v) is 11.8. The molecule has 3 aromatic rings. The largest absolute Gasteiger partial charge is 0.493 e. The number of rotatable bonds is 4. The molecule has 1 aliphatic heterocycles. The zero-order valence-corrected chi connectivity index (χ0v) is 21.4. The van der Waals surface area contributed by atoms with Crippen LogP contribution in [0, 0.1) is 0 Å². The van der Waals surface area contributed by atoms with E-state index in [1.54, 1.807) is 32.4 Å². The SMILES string of the molecule is COc1cc2nc(N3CCN(C(=O)c4ccc(Br)o4)[C@H]4CCCC[C@@H]43)nc(N)c2cc1OC.Cl. The lowest BCUT2D eigenvalue weighted by atomic mass is 9.86. The highest BCUT2D eigenvalue weighted by Gasteiger charge is 2.42. The molecule has 2 fully saturated rings. The highest BCUT2D eigenvalue weighted by Crippen LogP contribution is 2.37. The quantitative estimate of drug-likeness (QED) is 0.511. The summed E-state index contributed by atoms with van der Waals surface area (Å²) in [7, 11) is 3.18. The van der Waals surface area contributed by atoms with Gasteiger partial charge >= 0.3 is 0 Å². The minimum atomic E-state index is -0.0759. The van der Waals surface area contributed by atoms with Gasteiger partial charge in [0.25, 0.3) is 5.91 Å². The van der Waals surface area contributed by atoms with Crippen LogP contribution in [0.1, 0.15) is 36.2 Å². The summed E-state index contributed by atoms with van der Waals surface area (Å²) >= 11 is 3.29. The molecule has 3 heterocycles. The maximum absolute atomic E-state index is 13.2. The van der Waals surface area contributed by atoms with Crippen LogP contribution in [0.25, 0.3) is 10.9 Å². The summed E-state index contributed by atoms with van der Waals surface area (Å²) in [5.41, 5.74) is 7.04. The predicted molar refractivity (Wildman–Crippen MR) is 135 cm³/mol. The summed E-state index contributed by atoms with van der Waals surface area (Å²) in [6.45, 7) is 1.18. The number of carbonyl (C=O) groups excluding carboxylic acids is 1. The molecule has 2 aliphatic rings. The molecular formula is C23H27BrClN5O4. The number of nitrogen functional groups attached to an aromatic ring is 1. The minimum Gasteiger partial charge on any atom is -0.493 e. The van der Waals surface area contributed by atoms with E-state index >= 15 is 0 Å². The number of methoxy groups -OCH3 is 2. The van der Waals surface area contributed by atoms with Crippen LogP contribution in [0.3, 0.4) is 0 Å². The van der Waals surface area contributed by atoms with Crippen LogP contribution in [0.2, 0.25) is 0 Å². The number of aromatic nitrogens is 2. The molecule has 1 saturated heterocycles. The number of halogens is 2. The van der Waals surface area contributed by atoms with Crippen molar-refractivity contribution in [1.29, 1.82) is 0 Å². The molecule has 2 N–H and O–H groups in total. The van der Waals surface area contributed by atoms with Crippen LogP contribution in [0.15, 0.2) is 33.4 Å². The van der Waals surface area contributed by atoms with Crippen molar-refractivity contribution in [3.8, 4) is 11.5 Å². The number of hydrogen-bond donors (Lipinski definition) is 1. The number of hydrogen-bond acceptors (Lipinski definition) is 8. The van der Waals surface area contributed by atoms with Crippen LogP contribution >= 0.6 is 28.3 Å². The summed E-state index contributed by atoms with van der Waals surface area (Å²) in [5, 5.41) is 0.716. The van der Waals surface area contributed by atoms with Gasteiger partial charge in [-0.3, -0.25) is 4.79 Å². The zero-order chi connectivity index (χ0) is 23.1. The van der Waals surface area contributed by atoms with E-state index < -0.39 is 0 Å². The van der Waals surface area contributed by atoms with Crippen molar-refractivity contribution in [2.24, 2.45) is 0 Å². The number of carbonyl (C=O) groups is 1. The lowest BCUT2D eigenvalue weighted by Crippen LogP contribution is -2.62. The Morgan fingerprint density at radius 1 is 1.09 bits per heavy atom. The van der Waals surface area contributed by atoms with Gasteiger partial charge in [0.05, 0.1) is 31.8 Å². The van der Waals surface area contributed by atoms with E-state index in [4.69, 9.17) is 24.6 Å². The van der Waals surface area contributed by atoms with Gasteiger partial charge in [0, 0.05) is 24.5 Å². The predicted octanol–water partition coefficient (Wildman–Crippen LogP) is 4.28. The van der Waals surface area contributed by atoms with Crippen LogP contribution in [-0.2, 0) is 0 Å². The molecular weight excluding hydrogens is 526 g/mol. The molecule has 0 unspecified atom stereocenters. The minimum absolute atomic E-state index is 0. The van der Waals surface area contributed by atoms with E-state index in [-0.39, 0.29) is 30.4 Å². The van der Waals surface area contributed by atoms with E-state index in [0.717, 1.165) is 25.7 Å². The fourth-order valence-electron chi connectivity index (χ4n) is 5.03. The van der Waals surface area contributed by atoms with Crippen LogP contribution in [-0.4, -0.2) is 60.2 Å². The molecule has 34 heavy (non-hydrogen) atoms. The molecule has 11 heteroatoms. The second kappa shape index (κ2) is 9.87. The van der Waals surface area contributed by atoms with Gasteiger partial charge in [-0.15, -0.1) is 12.4 Å². The van der Waals surface area contributed by atoms with Gasteiger partial charge in [0.1, 0.15) is 5.82 Å². The van der Waals surface area contributed by atoms with Gasteiger partial charge in [-0.1, -0.05) is 12.8 Å². The second-order valence-corrected chi connectivity index (χ2v) is 9.13. The molecule has 0 radical (unpaired) electrons. The fourth-order valence-corrected chi connectivity index (χ4v) is 5.34. The van der Waals surface area contributed by atoms with Crippen molar-refractivity contribution < 1.29 is 18.7 Å². The van der Waals surface area contributed by atoms with Crippen molar-refractivity contribution in [3.05, 3.63) is 34.7 Å². The summed E-state index contributed by atoms with van der Waals surface area (Å²) in [6.07, 6.45) is 4.07. The van der Waals surface area contributed by atoms with Crippen LogP contribution in [0.4, 0.5) is 11.8 Å². The van der Waals surface area contributed by atoms with E-state index in [1.807, 2.05) is 11.0 Å². The summed E-state index contributed by atoms with van der Waals surface area (Å²) < 4.78 is 16.9. The number of benzene rings is 1. The molecule has 5 rings (SSSR count). The highest BCUT2D eigenvalue weighted by atomic mass is 79.9. The first kappa shape index (κ1) is 24.4. The average molecular weight is 553 g/mol. The highest BCUT2D eigenvalue weighted by molar-refractivity contribution is 9.10. The van der Waals surface area contributed by atoms with Crippen molar-refractivity contribution in [1.82, 2.24) is 14.9 Å². The first-order chi connectivity index (χ1) is 16.0. The van der Waals surface area contributed by atoms with Crippen molar-refractivity contribution in [2.75, 3.05) is 37.9 Å². The van der Waals surface area contributed by atoms with Crippen molar-refractivity contribution in [3.63, 3.8) is 0 Å². The fraction of sp³-hybridized carbons (Fsp3) is 0.435. The molecule has 2 aromatic heterocycles. The van der Waals surface area contributed by atoms with Gasteiger partial charge in [-0.2, -0.15) is 4.98 Å². The van der Waals surface area contributed by atoms with Gasteiger partial charge in [-0.05, 0) is 47.0 Å². The maximum Gasteiger partial charge on any atom is 0.289 e. The number of furan rings is 1. The van der Waals surface area contributed by atoms with E-state index in [2.05, 4.69) is 25.8 Å². The molecule has 182 valence electrons. The van der Waals surface area contributed by atoms with E-state index in [1.165, 1.54) is 0 Å². The Morgan fingerprint density at radius 3 is 2.47 bits per heavy atom. The second-order valence-electron chi connectivity index (χ2n) is 8.35. The summed E-state index contributed by atoms with van der Waals surface area (Å²) in [4.78, 5) is 26.8. The number of amides is 1. The monoisotopic (exact) mass is 551 g/mol. The van der Waals surface area contributed by atoms with E-state index in [9.17, 15) is 4.79 Å². The molecule has 1 saturated carbocycles. The lowest BCUT2D eigenvalue weighted by molar-refractivity contribution is 0.0507. The first-order valence-electron chi connectivity index (χ1n) is 11.0. The Morgan fingerprint density at radius 2 is 1.79 bits per heavy atom. The third-order valence-corrected chi connectivity index (χ3v) is 7.02. The number of nitrogens with two attached hydrogens (primary N) is 1.